The summed E-state index contributed by atoms with van der Waals surface area (Å²) >= 11 is 0. The Bertz CT molecular complexity index is 1340. The van der Waals surface area contributed by atoms with Gasteiger partial charge >= 0.3 is 18.0 Å². The molecule has 0 bridgehead atoms. The third-order valence-corrected chi connectivity index (χ3v) is 7.55. The van der Waals surface area contributed by atoms with E-state index in [9.17, 15) is 19.5 Å². The highest BCUT2D eigenvalue weighted by molar-refractivity contribution is 6.00. The summed E-state index contributed by atoms with van der Waals surface area (Å²) in [7, 11) is 2.59. The van der Waals surface area contributed by atoms with Crippen molar-refractivity contribution in [3.63, 3.8) is 0 Å². The first-order chi connectivity index (χ1) is 20.2. The van der Waals surface area contributed by atoms with Crippen molar-refractivity contribution in [3.8, 4) is 5.75 Å². The first kappa shape index (κ1) is 30.4. The second-order valence-electron chi connectivity index (χ2n) is 10.3. The van der Waals surface area contributed by atoms with E-state index >= 15 is 0 Å². The molecular weight excluding hydrogens is 538 g/mol. The number of nitrogens with zero attached hydrogens (tertiary/aromatic N) is 2. The molecule has 2 aliphatic rings. The van der Waals surface area contributed by atoms with Crippen LogP contribution in [0.3, 0.4) is 0 Å². The first-order valence-corrected chi connectivity index (χ1v) is 14.0. The monoisotopic (exact) mass is 577 g/mol. The predicted octanol–water partition coefficient (Wildman–Crippen LogP) is 3.31. The maximum atomic E-state index is 12.8. The van der Waals surface area contributed by atoms with Gasteiger partial charge in [0.2, 0.25) is 0 Å². The summed E-state index contributed by atoms with van der Waals surface area (Å²) in [5.41, 5.74) is 3.94. The Hall–Kier alpha value is -4.51. The van der Waals surface area contributed by atoms with Gasteiger partial charge in [-0.05, 0) is 56.6 Å². The van der Waals surface area contributed by atoms with Crippen molar-refractivity contribution < 1.29 is 29.0 Å². The Morgan fingerprint density at radius 2 is 1.57 bits per heavy atom. The van der Waals surface area contributed by atoms with E-state index in [1.807, 2.05) is 12.1 Å². The second kappa shape index (κ2) is 13.9. The minimum atomic E-state index is -0.732. The Balaban J connectivity index is 1.32. The van der Waals surface area contributed by atoms with Gasteiger partial charge in [-0.3, -0.25) is 4.90 Å². The zero-order valence-electron chi connectivity index (χ0n) is 24.5. The number of dihydropyridines is 1. The molecule has 0 atom stereocenters. The molecule has 2 heterocycles. The Morgan fingerprint density at radius 3 is 2.19 bits per heavy atom. The van der Waals surface area contributed by atoms with E-state index in [2.05, 4.69) is 25.8 Å². The highest BCUT2D eigenvalue weighted by atomic mass is 16.5. The van der Waals surface area contributed by atoms with Gasteiger partial charge in [-0.15, -0.1) is 0 Å². The molecule has 4 N–H and O–H groups in total. The Morgan fingerprint density at radius 1 is 0.929 bits per heavy atom. The lowest BCUT2D eigenvalue weighted by Gasteiger charge is -2.36. The molecule has 0 saturated carbocycles. The van der Waals surface area contributed by atoms with E-state index in [0.717, 1.165) is 44.8 Å². The van der Waals surface area contributed by atoms with E-state index in [1.165, 1.54) is 14.2 Å². The third-order valence-electron chi connectivity index (χ3n) is 7.55. The molecule has 0 radical (unpaired) electrons. The minimum absolute atomic E-state index is 0.271. The van der Waals surface area contributed by atoms with E-state index < -0.39 is 17.9 Å². The number of nitrogens with one attached hydrogen (secondary N) is 3. The van der Waals surface area contributed by atoms with Crippen molar-refractivity contribution in [2.24, 2.45) is 0 Å². The number of phenols is 1. The van der Waals surface area contributed by atoms with Crippen LogP contribution in [0.5, 0.6) is 5.75 Å². The molecule has 0 spiro atoms. The lowest BCUT2D eigenvalue weighted by molar-refractivity contribution is -0.137. The topological polar surface area (TPSA) is 132 Å². The standard InChI is InChI=1S/C31H39N5O6/c1-20-26(29(38)41-3)28(27(21(2)33-20)30(39)42-4)22-8-5-9-23(18-22)34-31(40)32-12-7-13-35-14-16-36(17-15-35)24-10-6-11-25(37)19-24/h5-6,8-11,18-19,28,33,37H,7,12-17H2,1-4H3,(H2,32,34,40). The van der Waals surface area contributed by atoms with Gasteiger partial charge in [0.25, 0.3) is 0 Å². The molecule has 0 aliphatic carbocycles. The number of anilines is 2. The number of esters is 2. The van der Waals surface area contributed by atoms with Crippen LogP contribution in [0.25, 0.3) is 0 Å². The van der Waals surface area contributed by atoms with Crippen LogP contribution in [0.1, 0.15) is 31.7 Å². The number of hydrogen-bond donors (Lipinski definition) is 4. The molecule has 11 nitrogen and oxygen atoms in total. The number of methoxy groups -OCH3 is 2. The number of hydrogen-bond acceptors (Lipinski definition) is 9. The summed E-state index contributed by atoms with van der Waals surface area (Å²) in [6.07, 6.45) is 0.799. The van der Waals surface area contributed by atoms with Crippen molar-refractivity contribution >= 4 is 29.3 Å². The van der Waals surface area contributed by atoms with Crippen LogP contribution in [0.2, 0.25) is 0 Å². The largest absolute Gasteiger partial charge is 0.508 e. The summed E-state index contributed by atoms with van der Waals surface area (Å²) in [4.78, 5) is 42.8. The zero-order chi connectivity index (χ0) is 30.2. The van der Waals surface area contributed by atoms with Crippen molar-refractivity contribution in [3.05, 3.63) is 76.6 Å². The smallest absolute Gasteiger partial charge is 0.336 e. The number of carbonyl (C=O) groups is 3. The quantitative estimate of drug-likeness (QED) is 0.262. The van der Waals surface area contributed by atoms with E-state index in [0.29, 0.717) is 40.3 Å². The van der Waals surface area contributed by atoms with Crippen molar-refractivity contribution in [1.29, 1.82) is 0 Å². The number of benzene rings is 2. The average Bonchev–Trinajstić information content (AvgIpc) is 2.98. The van der Waals surface area contributed by atoms with Gasteiger partial charge in [-0.1, -0.05) is 18.2 Å². The summed E-state index contributed by atoms with van der Waals surface area (Å²) in [6.45, 7) is 8.46. The molecule has 0 aromatic heterocycles. The number of rotatable bonds is 9. The molecule has 224 valence electrons. The molecule has 0 unspecified atom stereocenters. The lowest BCUT2D eigenvalue weighted by atomic mass is 9.80. The molecule has 2 aromatic rings. The van der Waals surface area contributed by atoms with Crippen molar-refractivity contribution in [2.75, 3.05) is 63.7 Å². The molecule has 2 amide bonds. The molecule has 2 aromatic carbocycles. The first-order valence-electron chi connectivity index (χ1n) is 14.0. The number of allylic oxidation sites excluding steroid dienone is 2. The average molecular weight is 578 g/mol. The fourth-order valence-corrected chi connectivity index (χ4v) is 5.48. The maximum Gasteiger partial charge on any atom is 0.336 e. The summed E-state index contributed by atoms with van der Waals surface area (Å²) in [5.74, 6) is -1.58. The molecule has 1 saturated heterocycles. The van der Waals surface area contributed by atoms with Gasteiger partial charge in [0, 0.05) is 61.6 Å². The zero-order valence-corrected chi connectivity index (χ0v) is 24.5. The highest BCUT2D eigenvalue weighted by Gasteiger charge is 2.37. The maximum absolute atomic E-state index is 12.8. The number of carbonyl (C=O) groups excluding carboxylic acids is 3. The van der Waals surface area contributed by atoms with Gasteiger partial charge in [0.05, 0.1) is 31.3 Å². The fourth-order valence-electron chi connectivity index (χ4n) is 5.48. The number of phenolic OH excluding ortho intramolecular Hbond substituents is 1. The summed E-state index contributed by atoms with van der Waals surface area (Å²) < 4.78 is 10.1. The van der Waals surface area contributed by atoms with Crippen molar-refractivity contribution in [1.82, 2.24) is 15.5 Å². The van der Waals surface area contributed by atoms with Gasteiger partial charge in [0.15, 0.2) is 0 Å². The van der Waals surface area contributed by atoms with Gasteiger partial charge in [-0.25, -0.2) is 14.4 Å². The Kier molecular flexibility index (Phi) is 10.1. The van der Waals surface area contributed by atoms with Crippen LogP contribution in [0, 0.1) is 0 Å². The number of piperazine rings is 1. The summed E-state index contributed by atoms with van der Waals surface area (Å²) in [6, 6.07) is 14.0. The minimum Gasteiger partial charge on any atom is -0.508 e. The molecular formula is C31H39N5O6. The fraction of sp³-hybridized carbons (Fsp3) is 0.387. The van der Waals surface area contributed by atoms with Gasteiger partial charge in [-0.2, -0.15) is 0 Å². The van der Waals surface area contributed by atoms with Crippen LogP contribution < -0.4 is 20.9 Å². The molecule has 4 rings (SSSR count). The molecule has 11 heteroatoms. The van der Waals surface area contributed by atoms with Gasteiger partial charge < -0.3 is 35.4 Å². The second-order valence-corrected chi connectivity index (χ2v) is 10.3. The molecule has 42 heavy (non-hydrogen) atoms. The van der Waals surface area contributed by atoms with Crippen LogP contribution in [-0.4, -0.2) is 81.5 Å². The summed E-state index contributed by atoms with van der Waals surface area (Å²) in [5, 5.41) is 18.6. The highest BCUT2D eigenvalue weighted by Crippen LogP contribution is 2.39. The molecule has 1 fully saturated rings. The number of aromatic hydroxyl groups is 1. The Labute approximate surface area is 246 Å². The lowest BCUT2D eigenvalue weighted by Crippen LogP contribution is -2.47. The van der Waals surface area contributed by atoms with E-state index in [-0.39, 0.29) is 11.8 Å². The van der Waals surface area contributed by atoms with E-state index in [4.69, 9.17) is 9.47 Å². The number of ether oxygens (including phenoxy) is 2. The normalized spacial score (nSPS) is 16.1. The molecule has 2 aliphatic heterocycles. The van der Waals surface area contributed by atoms with E-state index in [1.54, 1.807) is 50.2 Å². The van der Waals surface area contributed by atoms with Crippen LogP contribution in [0.15, 0.2) is 71.1 Å². The van der Waals surface area contributed by atoms with Crippen molar-refractivity contribution in [2.45, 2.75) is 26.2 Å². The SMILES string of the molecule is COC(=O)C1=C(C)NC(C)=C(C(=O)OC)C1c1cccc(NC(=O)NCCCN2CCN(c3cccc(O)c3)CC2)c1. The number of amides is 2. The third kappa shape index (κ3) is 7.22. The van der Waals surface area contributed by atoms with Gasteiger partial charge in [0.1, 0.15) is 5.75 Å². The van der Waals surface area contributed by atoms with Crippen LogP contribution in [0.4, 0.5) is 16.2 Å². The number of urea groups is 1. The van der Waals surface area contributed by atoms with Crippen LogP contribution in [-0.2, 0) is 19.1 Å². The predicted molar refractivity (Wildman–Crippen MR) is 160 cm³/mol. The van der Waals surface area contributed by atoms with Crippen LogP contribution >= 0.6 is 0 Å².